The predicted molar refractivity (Wildman–Crippen MR) is 173 cm³/mol. The van der Waals surface area contributed by atoms with Crippen molar-refractivity contribution in [1.29, 1.82) is 0 Å². The van der Waals surface area contributed by atoms with Gasteiger partial charge in [-0.2, -0.15) is 0 Å². The van der Waals surface area contributed by atoms with E-state index in [0.29, 0.717) is 10.8 Å². The van der Waals surface area contributed by atoms with E-state index in [0.717, 1.165) is 109 Å². The van der Waals surface area contributed by atoms with Crippen LogP contribution in [0.15, 0.2) is 105 Å². The fraction of sp³-hybridized carbons (Fsp3) is 0.343. The Morgan fingerprint density at radius 2 is 1.29 bits per heavy atom. The molecule has 7 heteroatoms. The number of rotatable bonds is 5. The normalized spacial score (nSPS) is 19.0. The fourth-order valence-electron chi connectivity index (χ4n) is 4.80. The summed E-state index contributed by atoms with van der Waals surface area (Å²) in [4.78, 5) is 24.2. The minimum Gasteiger partial charge on any atom is -1.00 e. The van der Waals surface area contributed by atoms with Crippen LogP contribution in [0.25, 0.3) is 0 Å². The van der Waals surface area contributed by atoms with Gasteiger partial charge >= 0.3 is 0 Å². The molecular weight excluding hydrogens is 587 g/mol. The summed E-state index contributed by atoms with van der Waals surface area (Å²) < 4.78 is 0. The molecule has 2 N–H and O–H groups in total. The number of Topliss-reactive ketones (excluding diaryl/α,β-unsaturated/α-hetero) is 1. The number of carbonyl (C=O) groups excluding carboxylic acids is 2. The summed E-state index contributed by atoms with van der Waals surface area (Å²) in [6.07, 6.45) is 18.1. The lowest BCUT2D eigenvalue weighted by atomic mass is 9.96. The fourth-order valence-corrected chi connectivity index (χ4v) is 5.44. The van der Waals surface area contributed by atoms with Crippen molar-refractivity contribution in [1.82, 2.24) is 0 Å². The van der Waals surface area contributed by atoms with Gasteiger partial charge in [-0.1, -0.05) is 72.1 Å². The standard InChI is InChI=1S/C20H19ClN2.C9H11ClO.C6H10O.ClH/c21-20-16(14-22-18-10-3-1-4-11-18)8-7-9-17(20)15-23-19-12-5-2-6-13-19;1-2-7-4-3-5-8(6-11)9(7)10;7-6-4-2-1-3-5-6;/h1-6,10-15,22H,7-9H2;2,6H,3-5H2,1H3;1-5H2;1H/b16-14+,23-15?;7-2+;;. The third-order valence-electron chi connectivity index (χ3n) is 7.19. The molecule has 1 fully saturated rings. The molecule has 0 heterocycles. The van der Waals surface area contributed by atoms with Gasteiger partial charge in [0, 0.05) is 53.0 Å². The summed E-state index contributed by atoms with van der Waals surface area (Å²) in [7, 11) is 0. The maximum Gasteiger partial charge on any atom is 0.203 e. The Morgan fingerprint density at radius 3 is 1.86 bits per heavy atom. The molecule has 0 aromatic heterocycles. The lowest BCUT2D eigenvalue weighted by Crippen LogP contribution is -3.00. The van der Waals surface area contributed by atoms with E-state index in [4.69, 9.17) is 23.2 Å². The lowest BCUT2D eigenvalue weighted by molar-refractivity contribution is -0.347. The van der Waals surface area contributed by atoms with Crippen LogP contribution in [0.1, 0.15) is 77.6 Å². The number of hydrogen-bond donors (Lipinski definition) is 2. The summed E-state index contributed by atoms with van der Waals surface area (Å²) in [6.45, 7) is 1.95. The molecule has 42 heavy (non-hydrogen) atoms. The summed E-state index contributed by atoms with van der Waals surface area (Å²) in [6, 6.07) is 20.3. The van der Waals surface area contributed by atoms with Gasteiger partial charge in [0.05, 0.1) is 5.03 Å². The topological polar surface area (TPSA) is 60.1 Å². The highest BCUT2D eigenvalue weighted by atomic mass is 35.5. The molecule has 5 rings (SSSR count). The number of para-hydroxylation sites is 2. The molecule has 4 nitrogen and oxygen atoms in total. The van der Waals surface area contributed by atoms with Crippen LogP contribution >= 0.6 is 23.2 Å². The Kier molecular flexibility index (Phi) is 16.9. The number of hydrogen-bond acceptors (Lipinski definition) is 3. The maximum atomic E-state index is 10.5. The van der Waals surface area contributed by atoms with Crippen molar-refractivity contribution in [2.24, 2.45) is 0 Å². The van der Waals surface area contributed by atoms with E-state index in [-0.39, 0.29) is 12.4 Å². The first-order chi connectivity index (χ1) is 20.0. The number of ketones is 1. The quantitative estimate of drug-likeness (QED) is 0.341. The van der Waals surface area contributed by atoms with Gasteiger partial charge in [-0.05, 0) is 81.6 Å². The molecular formula is C35H41Cl3N2O2. The molecule has 3 aliphatic rings. The highest BCUT2D eigenvalue weighted by molar-refractivity contribution is 6.34. The smallest absolute Gasteiger partial charge is 0.203 e. The molecule has 0 unspecified atom stereocenters. The molecule has 3 aliphatic carbocycles. The van der Waals surface area contributed by atoms with E-state index < -0.39 is 0 Å². The molecule has 0 spiro atoms. The summed E-state index contributed by atoms with van der Waals surface area (Å²) in [5.74, 6) is 0.464. The van der Waals surface area contributed by atoms with Crippen molar-refractivity contribution < 1.29 is 27.0 Å². The van der Waals surface area contributed by atoms with Crippen molar-refractivity contribution in [3.63, 3.8) is 0 Å². The Labute approximate surface area is 267 Å². The largest absolute Gasteiger partial charge is 1.00 e. The highest BCUT2D eigenvalue weighted by Gasteiger charge is 2.16. The van der Waals surface area contributed by atoms with Crippen LogP contribution in [0.4, 0.5) is 11.4 Å². The lowest BCUT2D eigenvalue weighted by Gasteiger charge is -2.15. The average molecular weight is 628 g/mol. The van der Waals surface area contributed by atoms with E-state index in [9.17, 15) is 9.59 Å². The highest BCUT2D eigenvalue weighted by Crippen LogP contribution is 2.32. The Balaban J connectivity index is 0.000000268. The first kappa shape index (κ1) is 35.3. The summed E-state index contributed by atoms with van der Waals surface area (Å²) >= 11 is 12.5. The third-order valence-corrected chi connectivity index (χ3v) is 8.16. The second-order valence-corrected chi connectivity index (χ2v) is 11.0. The van der Waals surface area contributed by atoms with E-state index in [2.05, 4.69) is 10.3 Å². The monoisotopic (exact) mass is 626 g/mol. The van der Waals surface area contributed by atoms with Crippen LogP contribution in [0.2, 0.25) is 0 Å². The Hall–Kier alpha value is -2.92. The van der Waals surface area contributed by atoms with Crippen molar-refractivity contribution in [2.45, 2.75) is 77.6 Å². The average Bonchev–Trinajstić information content (AvgIpc) is 3.02. The maximum absolute atomic E-state index is 10.5. The zero-order valence-corrected chi connectivity index (χ0v) is 26.6. The molecule has 224 valence electrons. The van der Waals surface area contributed by atoms with Gasteiger partial charge in [-0.25, -0.2) is 4.99 Å². The second-order valence-electron chi connectivity index (χ2n) is 10.3. The SMILES string of the molecule is C/C=C1\CCCC(C=O)=C1Cl.ClC1=C(C=[NH+]c2ccccc2)CCC/C1=C\Nc1ccccc1.O=C1CCCCC1.[Cl-]. The van der Waals surface area contributed by atoms with Crippen molar-refractivity contribution in [3.8, 4) is 0 Å². The third kappa shape index (κ3) is 12.1. The number of aldehydes is 1. The Bertz CT molecular complexity index is 1290. The van der Waals surface area contributed by atoms with Crippen LogP contribution < -0.4 is 22.7 Å². The van der Waals surface area contributed by atoms with Crippen LogP contribution in [0.3, 0.4) is 0 Å². The molecule has 2 aromatic carbocycles. The molecule has 0 bridgehead atoms. The second kappa shape index (κ2) is 20.1. The first-order valence-electron chi connectivity index (χ1n) is 14.6. The number of nitrogens with one attached hydrogen (secondary N) is 2. The first-order valence-corrected chi connectivity index (χ1v) is 15.3. The zero-order chi connectivity index (χ0) is 29.3. The van der Waals surface area contributed by atoms with Crippen LogP contribution in [-0.4, -0.2) is 18.3 Å². The van der Waals surface area contributed by atoms with Crippen molar-refractivity contribution in [2.75, 3.05) is 5.32 Å². The molecule has 0 aliphatic heterocycles. The van der Waals surface area contributed by atoms with Crippen LogP contribution in [0, 0.1) is 0 Å². The molecule has 1 saturated carbocycles. The summed E-state index contributed by atoms with van der Waals surface area (Å²) in [5.41, 5.74) is 6.32. The van der Waals surface area contributed by atoms with E-state index >= 15 is 0 Å². The van der Waals surface area contributed by atoms with E-state index in [1.54, 1.807) is 0 Å². The van der Waals surface area contributed by atoms with Gasteiger partial charge in [0.15, 0.2) is 6.21 Å². The van der Waals surface area contributed by atoms with Crippen molar-refractivity contribution in [3.05, 3.63) is 105 Å². The molecule has 0 saturated heterocycles. The van der Waals surface area contributed by atoms with Gasteiger partial charge in [-0.3, -0.25) is 9.59 Å². The molecule has 0 atom stereocenters. The van der Waals surface area contributed by atoms with Crippen molar-refractivity contribution >= 4 is 52.9 Å². The molecule has 2 aromatic rings. The van der Waals surface area contributed by atoms with Crippen LogP contribution in [0.5, 0.6) is 0 Å². The number of benzene rings is 2. The molecule has 0 amide bonds. The number of allylic oxidation sites excluding steroid dienone is 7. The number of carbonyl (C=O) groups is 2. The van der Waals surface area contributed by atoms with Gasteiger partial charge in [0.25, 0.3) is 0 Å². The van der Waals surface area contributed by atoms with Crippen LogP contribution in [-0.2, 0) is 9.59 Å². The minimum atomic E-state index is 0. The number of anilines is 1. The zero-order valence-electron chi connectivity index (χ0n) is 24.3. The van der Waals surface area contributed by atoms with Gasteiger partial charge in [-0.15, -0.1) is 0 Å². The van der Waals surface area contributed by atoms with Gasteiger partial charge in [0.2, 0.25) is 5.69 Å². The minimum absolute atomic E-state index is 0. The summed E-state index contributed by atoms with van der Waals surface area (Å²) in [5, 5.41) is 4.85. The Morgan fingerprint density at radius 1 is 0.714 bits per heavy atom. The van der Waals surface area contributed by atoms with Gasteiger partial charge in [0.1, 0.15) is 12.1 Å². The van der Waals surface area contributed by atoms with Gasteiger partial charge < -0.3 is 17.7 Å². The number of halogens is 3. The van der Waals surface area contributed by atoms with E-state index in [1.165, 1.54) is 6.42 Å². The molecule has 0 radical (unpaired) electrons. The predicted octanol–water partition coefficient (Wildman–Crippen LogP) is 5.47. The van der Waals surface area contributed by atoms with E-state index in [1.807, 2.05) is 86.1 Å².